The van der Waals surface area contributed by atoms with E-state index in [0.29, 0.717) is 10.8 Å². The summed E-state index contributed by atoms with van der Waals surface area (Å²) in [5.74, 6) is 7.79. The molecular formula is C20H36. The van der Waals surface area contributed by atoms with E-state index in [2.05, 4.69) is 55.4 Å². The summed E-state index contributed by atoms with van der Waals surface area (Å²) in [5.41, 5.74) is 1.30. The van der Waals surface area contributed by atoms with Crippen LogP contribution in [-0.2, 0) is 0 Å². The van der Waals surface area contributed by atoms with Crippen LogP contribution in [0, 0.1) is 58.2 Å². The van der Waals surface area contributed by atoms with Crippen molar-refractivity contribution < 1.29 is 0 Å². The maximum Gasteiger partial charge on any atom is -0.0224 e. The van der Waals surface area contributed by atoms with Crippen molar-refractivity contribution in [2.24, 2.45) is 58.2 Å². The van der Waals surface area contributed by atoms with Crippen LogP contribution in [0.25, 0.3) is 0 Å². The molecule has 0 saturated heterocycles. The molecule has 0 N–H and O–H groups in total. The zero-order valence-electron chi connectivity index (χ0n) is 15.0. The third-order valence-corrected chi connectivity index (χ3v) is 8.23. The molecular weight excluding hydrogens is 240 g/mol. The van der Waals surface area contributed by atoms with Gasteiger partial charge in [-0.05, 0) is 58.2 Å². The highest BCUT2D eigenvalue weighted by Crippen LogP contribution is 2.84. The van der Waals surface area contributed by atoms with E-state index in [0.717, 1.165) is 47.3 Å². The van der Waals surface area contributed by atoms with Gasteiger partial charge in [0, 0.05) is 0 Å². The van der Waals surface area contributed by atoms with Crippen molar-refractivity contribution in [3.63, 3.8) is 0 Å². The Morgan fingerprint density at radius 3 is 2.00 bits per heavy atom. The lowest BCUT2D eigenvalue weighted by atomic mass is 9.69. The molecule has 20 heavy (non-hydrogen) atoms. The number of hydrogen-bond acceptors (Lipinski definition) is 0. The number of fused-ring (bicyclic) bond motifs is 3. The smallest absolute Gasteiger partial charge is 0.0224 e. The molecule has 0 radical (unpaired) electrons. The second-order valence-electron chi connectivity index (χ2n) is 9.48. The fraction of sp³-hybridized carbons (Fsp3) is 1.00. The van der Waals surface area contributed by atoms with Crippen LogP contribution in [0.4, 0.5) is 0 Å². The molecule has 0 heterocycles. The average molecular weight is 277 g/mol. The van der Waals surface area contributed by atoms with Gasteiger partial charge in [0.2, 0.25) is 0 Å². The van der Waals surface area contributed by atoms with Crippen molar-refractivity contribution in [2.45, 2.75) is 68.2 Å². The maximum atomic E-state index is 2.66. The molecule has 0 aromatic carbocycles. The topological polar surface area (TPSA) is 0 Å². The molecule has 0 aromatic rings. The van der Waals surface area contributed by atoms with E-state index in [1.165, 1.54) is 12.8 Å². The van der Waals surface area contributed by atoms with Gasteiger partial charge >= 0.3 is 0 Å². The second-order valence-corrected chi connectivity index (χ2v) is 9.48. The molecule has 8 atom stereocenters. The standard InChI is InChI=1S/C20H36/c1-9-13-15(11(3)4)12(5)16-18(19(16,6)7)20(8)14(10-2)17(13)20/h11-18H,9-10H2,1-8H3. The minimum Gasteiger partial charge on any atom is -0.0651 e. The largest absolute Gasteiger partial charge is 0.0651 e. The highest BCUT2D eigenvalue weighted by molar-refractivity contribution is 5.27. The molecule has 116 valence electrons. The van der Waals surface area contributed by atoms with Gasteiger partial charge in [-0.2, -0.15) is 0 Å². The molecule has 0 amide bonds. The molecule has 3 aliphatic rings. The zero-order valence-corrected chi connectivity index (χ0v) is 15.0. The minimum absolute atomic E-state index is 0.613. The summed E-state index contributed by atoms with van der Waals surface area (Å²) in [6.45, 7) is 20.3. The van der Waals surface area contributed by atoms with Crippen molar-refractivity contribution in [1.82, 2.24) is 0 Å². The molecule has 3 rings (SSSR count). The molecule has 3 fully saturated rings. The molecule has 0 bridgehead atoms. The highest BCUT2D eigenvalue weighted by atomic mass is 14.8. The first kappa shape index (κ1) is 14.9. The van der Waals surface area contributed by atoms with Gasteiger partial charge in [-0.25, -0.2) is 0 Å². The van der Waals surface area contributed by atoms with Crippen LogP contribution in [0.15, 0.2) is 0 Å². The summed E-state index contributed by atoms with van der Waals surface area (Å²) in [7, 11) is 0. The van der Waals surface area contributed by atoms with Gasteiger partial charge < -0.3 is 0 Å². The Bertz CT molecular complexity index is 393. The monoisotopic (exact) mass is 276 g/mol. The van der Waals surface area contributed by atoms with Crippen LogP contribution in [0.3, 0.4) is 0 Å². The Kier molecular flexibility index (Phi) is 3.18. The molecule has 3 aliphatic carbocycles. The number of rotatable bonds is 3. The third-order valence-electron chi connectivity index (χ3n) is 8.23. The number of hydrogen-bond donors (Lipinski definition) is 0. The normalized spacial score (nSPS) is 56.0. The Balaban J connectivity index is 2.02. The van der Waals surface area contributed by atoms with E-state index < -0.39 is 0 Å². The van der Waals surface area contributed by atoms with Crippen LogP contribution in [0.1, 0.15) is 68.2 Å². The van der Waals surface area contributed by atoms with Crippen molar-refractivity contribution in [1.29, 1.82) is 0 Å². The van der Waals surface area contributed by atoms with Gasteiger partial charge in [0.25, 0.3) is 0 Å². The summed E-state index contributed by atoms with van der Waals surface area (Å²) in [4.78, 5) is 0. The van der Waals surface area contributed by atoms with Crippen LogP contribution < -0.4 is 0 Å². The summed E-state index contributed by atoms with van der Waals surface area (Å²) < 4.78 is 0. The summed E-state index contributed by atoms with van der Waals surface area (Å²) in [6, 6.07) is 0. The predicted octanol–water partition coefficient (Wildman–Crippen LogP) is 5.87. The average Bonchev–Trinajstić information content (AvgIpc) is 3.15. The van der Waals surface area contributed by atoms with E-state index in [-0.39, 0.29) is 0 Å². The van der Waals surface area contributed by atoms with Gasteiger partial charge in [0.1, 0.15) is 0 Å². The van der Waals surface area contributed by atoms with E-state index in [1.807, 2.05) is 0 Å². The van der Waals surface area contributed by atoms with Gasteiger partial charge in [-0.1, -0.05) is 68.2 Å². The van der Waals surface area contributed by atoms with Gasteiger partial charge in [0.15, 0.2) is 0 Å². The van der Waals surface area contributed by atoms with E-state index in [4.69, 9.17) is 0 Å². The molecule has 0 aliphatic heterocycles. The van der Waals surface area contributed by atoms with Gasteiger partial charge in [-0.15, -0.1) is 0 Å². The summed E-state index contributed by atoms with van der Waals surface area (Å²) in [6.07, 6.45) is 2.82. The highest BCUT2D eigenvalue weighted by Gasteiger charge is 2.80. The Labute approximate surface area is 127 Å². The lowest BCUT2D eigenvalue weighted by Crippen LogP contribution is -2.30. The first-order valence-corrected chi connectivity index (χ1v) is 9.24. The van der Waals surface area contributed by atoms with E-state index >= 15 is 0 Å². The van der Waals surface area contributed by atoms with E-state index in [9.17, 15) is 0 Å². The van der Waals surface area contributed by atoms with Gasteiger partial charge in [0.05, 0.1) is 0 Å². The Hall–Kier alpha value is 0. The first-order chi connectivity index (χ1) is 9.24. The molecule has 0 heteroatoms. The third kappa shape index (κ3) is 1.55. The molecule has 8 unspecified atom stereocenters. The molecule has 0 aromatic heterocycles. The van der Waals surface area contributed by atoms with Crippen LogP contribution in [-0.4, -0.2) is 0 Å². The molecule has 3 saturated carbocycles. The fourth-order valence-electron chi connectivity index (χ4n) is 7.90. The van der Waals surface area contributed by atoms with Crippen LogP contribution in [0.2, 0.25) is 0 Å². The Morgan fingerprint density at radius 2 is 1.55 bits per heavy atom. The molecule has 0 spiro atoms. The van der Waals surface area contributed by atoms with E-state index in [1.54, 1.807) is 0 Å². The zero-order chi connectivity index (χ0) is 15.0. The maximum absolute atomic E-state index is 2.66. The lowest BCUT2D eigenvalue weighted by Gasteiger charge is -2.36. The van der Waals surface area contributed by atoms with Crippen molar-refractivity contribution in [2.75, 3.05) is 0 Å². The first-order valence-electron chi connectivity index (χ1n) is 9.24. The second kappa shape index (κ2) is 4.26. The van der Waals surface area contributed by atoms with Crippen LogP contribution >= 0.6 is 0 Å². The van der Waals surface area contributed by atoms with Crippen molar-refractivity contribution in [3.8, 4) is 0 Å². The molecule has 0 nitrogen and oxygen atoms in total. The fourth-order valence-corrected chi connectivity index (χ4v) is 7.90. The van der Waals surface area contributed by atoms with Crippen molar-refractivity contribution >= 4 is 0 Å². The predicted molar refractivity (Wildman–Crippen MR) is 87.4 cm³/mol. The quantitative estimate of drug-likeness (QED) is 0.605. The minimum atomic E-state index is 0.613. The summed E-state index contributed by atoms with van der Waals surface area (Å²) >= 11 is 0. The van der Waals surface area contributed by atoms with Gasteiger partial charge in [-0.3, -0.25) is 0 Å². The SMILES string of the molecule is CCC1C(C(C)C)C(C)C2C(C2(C)C)C2(C)C(CC)C12. The Morgan fingerprint density at radius 1 is 0.950 bits per heavy atom. The van der Waals surface area contributed by atoms with Crippen LogP contribution in [0.5, 0.6) is 0 Å². The lowest BCUT2D eigenvalue weighted by molar-refractivity contribution is 0.123. The van der Waals surface area contributed by atoms with Crippen molar-refractivity contribution in [3.05, 3.63) is 0 Å². The summed E-state index contributed by atoms with van der Waals surface area (Å²) in [5, 5.41) is 0.